The standard InChI is InChI=1S/C27H27N3O2S2/c1-16(2)20-11-7-8-17(3)24(20)28-22(31)15-34-27-29-25-23(21(14-33-25)18-12-13-18)26(32)30(27)19-9-5-4-6-10-19/h4-11,14,16,18H,12-13,15H2,1-3H3,(H,28,31). The van der Waals surface area contributed by atoms with E-state index in [0.717, 1.165) is 51.1 Å². The van der Waals surface area contributed by atoms with Gasteiger partial charge in [-0.1, -0.05) is 62.0 Å². The Balaban J connectivity index is 1.47. The van der Waals surface area contributed by atoms with Gasteiger partial charge >= 0.3 is 0 Å². The minimum atomic E-state index is -0.111. The summed E-state index contributed by atoms with van der Waals surface area (Å²) < 4.78 is 1.66. The average Bonchev–Trinajstić information content (AvgIpc) is 3.58. The van der Waals surface area contributed by atoms with E-state index in [-0.39, 0.29) is 17.2 Å². The highest BCUT2D eigenvalue weighted by Gasteiger charge is 2.29. The number of thioether (sulfide) groups is 1. The predicted molar refractivity (Wildman–Crippen MR) is 142 cm³/mol. The fourth-order valence-corrected chi connectivity index (χ4v) is 6.11. The van der Waals surface area contributed by atoms with Crippen LogP contribution in [0.4, 0.5) is 5.69 Å². The number of thiophene rings is 1. The largest absolute Gasteiger partial charge is 0.325 e. The number of amides is 1. The summed E-state index contributed by atoms with van der Waals surface area (Å²) in [7, 11) is 0. The van der Waals surface area contributed by atoms with Gasteiger partial charge in [0.05, 0.1) is 16.8 Å². The van der Waals surface area contributed by atoms with Crippen molar-refractivity contribution in [3.8, 4) is 5.69 Å². The molecule has 0 aliphatic heterocycles. The maximum absolute atomic E-state index is 13.7. The van der Waals surface area contributed by atoms with E-state index in [0.29, 0.717) is 17.0 Å². The highest BCUT2D eigenvalue weighted by molar-refractivity contribution is 7.99. The number of carbonyl (C=O) groups is 1. The fourth-order valence-electron chi connectivity index (χ4n) is 4.24. The number of carbonyl (C=O) groups excluding carboxylic acids is 1. The smallest absolute Gasteiger partial charge is 0.267 e. The van der Waals surface area contributed by atoms with E-state index >= 15 is 0 Å². The van der Waals surface area contributed by atoms with E-state index in [4.69, 9.17) is 4.98 Å². The number of benzene rings is 2. The van der Waals surface area contributed by atoms with Gasteiger partial charge in [0.1, 0.15) is 4.83 Å². The van der Waals surface area contributed by atoms with Crippen molar-refractivity contribution in [1.29, 1.82) is 0 Å². The molecule has 5 nitrogen and oxygen atoms in total. The summed E-state index contributed by atoms with van der Waals surface area (Å²) in [5, 5.41) is 6.45. The topological polar surface area (TPSA) is 64.0 Å². The van der Waals surface area contributed by atoms with Crippen molar-refractivity contribution < 1.29 is 4.79 Å². The molecule has 0 atom stereocenters. The molecule has 1 aliphatic carbocycles. The number of nitrogens with one attached hydrogen (secondary N) is 1. The average molecular weight is 490 g/mol. The Bertz CT molecular complexity index is 1420. The highest BCUT2D eigenvalue weighted by Crippen LogP contribution is 2.44. The first-order valence-electron chi connectivity index (χ1n) is 11.6. The molecule has 1 fully saturated rings. The summed E-state index contributed by atoms with van der Waals surface area (Å²) >= 11 is 2.82. The first kappa shape index (κ1) is 22.9. The minimum absolute atomic E-state index is 0.0525. The molecule has 2 heterocycles. The Hall–Kier alpha value is -2.90. The molecule has 0 saturated heterocycles. The van der Waals surface area contributed by atoms with E-state index < -0.39 is 0 Å². The lowest BCUT2D eigenvalue weighted by Crippen LogP contribution is -2.23. The van der Waals surface area contributed by atoms with Gasteiger partial charge in [-0.3, -0.25) is 14.2 Å². The van der Waals surface area contributed by atoms with Crippen LogP contribution < -0.4 is 10.9 Å². The number of aryl methyl sites for hydroxylation is 1. The molecule has 5 rings (SSSR count). The monoisotopic (exact) mass is 489 g/mol. The third kappa shape index (κ3) is 4.42. The summed E-state index contributed by atoms with van der Waals surface area (Å²) in [6, 6.07) is 15.6. The zero-order chi connectivity index (χ0) is 23.8. The number of anilines is 1. The third-order valence-electron chi connectivity index (χ3n) is 6.16. The molecule has 4 aromatic rings. The van der Waals surface area contributed by atoms with Gasteiger partial charge in [-0.25, -0.2) is 4.98 Å². The minimum Gasteiger partial charge on any atom is -0.325 e. The van der Waals surface area contributed by atoms with Crippen LogP contribution in [0.5, 0.6) is 0 Å². The Morgan fingerprint density at radius 1 is 1.18 bits per heavy atom. The number of hydrogen-bond donors (Lipinski definition) is 1. The fraction of sp³-hybridized carbons (Fsp3) is 0.296. The Labute approximate surface area is 207 Å². The lowest BCUT2D eigenvalue weighted by atomic mass is 9.98. The number of aromatic nitrogens is 2. The number of fused-ring (bicyclic) bond motifs is 1. The molecule has 0 unspecified atom stereocenters. The lowest BCUT2D eigenvalue weighted by molar-refractivity contribution is -0.113. The molecule has 2 aromatic carbocycles. The maximum atomic E-state index is 13.7. The van der Waals surface area contributed by atoms with Crippen LogP contribution in [0.1, 0.15) is 55.2 Å². The van der Waals surface area contributed by atoms with E-state index in [1.807, 2.05) is 49.4 Å². The zero-order valence-electron chi connectivity index (χ0n) is 19.5. The Morgan fingerprint density at radius 2 is 1.94 bits per heavy atom. The SMILES string of the molecule is Cc1cccc(C(C)C)c1NC(=O)CSc1nc2scc(C3CC3)c2c(=O)n1-c1ccccc1. The van der Waals surface area contributed by atoms with Crippen molar-refractivity contribution in [2.75, 3.05) is 11.1 Å². The molecule has 0 spiro atoms. The molecule has 174 valence electrons. The number of hydrogen-bond acceptors (Lipinski definition) is 5. The van der Waals surface area contributed by atoms with Crippen LogP contribution in [0.3, 0.4) is 0 Å². The van der Waals surface area contributed by atoms with Gasteiger partial charge in [0.25, 0.3) is 5.56 Å². The number of para-hydroxylation sites is 2. The van der Waals surface area contributed by atoms with Crippen LogP contribution >= 0.6 is 23.1 Å². The van der Waals surface area contributed by atoms with Gasteiger partial charge in [-0.15, -0.1) is 11.3 Å². The first-order chi connectivity index (χ1) is 16.4. The molecule has 1 aliphatic rings. The van der Waals surface area contributed by atoms with Crippen LogP contribution in [-0.4, -0.2) is 21.2 Å². The second-order valence-electron chi connectivity index (χ2n) is 9.05. The summed E-state index contributed by atoms with van der Waals surface area (Å²) in [6.07, 6.45) is 2.26. The van der Waals surface area contributed by atoms with Crippen molar-refractivity contribution in [2.45, 2.75) is 50.6 Å². The van der Waals surface area contributed by atoms with Crippen LogP contribution in [0.15, 0.2) is 63.9 Å². The van der Waals surface area contributed by atoms with Crippen molar-refractivity contribution >= 4 is 44.9 Å². The second-order valence-corrected chi connectivity index (χ2v) is 10.8. The van der Waals surface area contributed by atoms with Gasteiger partial charge < -0.3 is 5.32 Å². The number of rotatable bonds is 7. The molecule has 0 radical (unpaired) electrons. The van der Waals surface area contributed by atoms with E-state index in [1.54, 1.807) is 4.57 Å². The van der Waals surface area contributed by atoms with Gasteiger partial charge in [0, 0.05) is 5.69 Å². The van der Waals surface area contributed by atoms with Gasteiger partial charge in [0.2, 0.25) is 5.91 Å². The Morgan fingerprint density at radius 3 is 2.65 bits per heavy atom. The summed E-state index contributed by atoms with van der Waals surface area (Å²) in [5.41, 5.74) is 4.86. The first-order valence-corrected chi connectivity index (χ1v) is 13.4. The van der Waals surface area contributed by atoms with Crippen molar-refractivity contribution in [2.24, 2.45) is 0 Å². The third-order valence-corrected chi connectivity index (χ3v) is 7.99. The Kier molecular flexibility index (Phi) is 6.32. The van der Waals surface area contributed by atoms with Gasteiger partial charge in [-0.2, -0.15) is 0 Å². The normalized spacial score (nSPS) is 13.5. The summed E-state index contributed by atoms with van der Waals surface area (Å²) in [5.74, 6) is 0.827. The molecule has 0 bridgehead atoms. The van der Waals surface area contributed by atoms with Crippen molar-refractivity contribution in [3.63, 3.8) is 0 Å². The quantitative estimate of drug-likeness (QED) is 0.238. The highest BCUT2D eigenvalue weighted by atomic mass is 32.2. The van der Waals surface area contributed by atoms with Crippen LogP contribution in [0, 0.1) is 6.92 Å². The molecule has 1 N–H and O–H groups in total. The predicted octanol–water partition coefficient (Wildman–Crippen LogP) is 6.49. The molecule has 34 heavy (non-hydrogen) atoms. The lowest BCUT2D eigenvalue weighted by Gasteiger charge is -2.17. The maximum Gasteiger partial charge on any atom is 0.267 e. The van der Waals surface area contributed by atoms with Gasteiger partial charge in [0.15, 0.2) is 5.16 Å². The van der Waals surface area contributed by atoms with Crippen molar-refractivity contribution in [1.82, 2.24) is 9.55 Å². The molecular weight excluding hydrogens is 462 g/mol. The number of nitrogens with zero attached hydrogens (tertiary/aromatic N) is 2. The van der Waals surface area contributed by atoms with E-state index in [2.05, 4.69) is 30.6 Å². The molecule has 1 saturated carbocycles. The molecule has 2 aromatic heterocycles. The van der Waals surface area contributed by atoms with E-state index in [9.17, 15) is 9.59 Å². The molecule has 1 amide bonds. The van der Waals surface area contributed by atoms with E-state index in [1.165, 1.54) is 23.1 Å². The molecule has 7 heteroatoms. The zero-order valence-corrected chi connectivity index (χ0v) is 21.1. The van der Waals surface area contributed by atoms with Crippen molar-refractivity contribution in [3.05, 3.63) is 81.0 Å². The van der Waals surface area contributed by atoms with Crippen LogP contribution in [0.2, 0.25) is 0 Å². The van der Waals surface area contributed by atoms with Crippen LogP contribution in [0.25, 0.3) is 15.9 Å². The second kappa shape index (κ2) is 9.39. The summed E-state index contributed by atoms with van der Waals surface area (Å²) in [6.45, 7) is 6.24. The van der Waals surface area contributed by atoms with Gasteiger partial charge in [-0.05, 0) is 65.8 Å². The molecular formula is C27H27N3O2S2. The van der Waals surface area contributed by atoms with Crippen LogP contribution in [-0.2, 0) is 4.79 Å². The summed E-state index contributed by atoms with van der Waals surface area (Å²) in [4.78, 5) is 32.2.